The summed E-state index contributed by atoms with van der Waals surface area (Å²) in [7, 11) is 0. The average molecular weight is 381 g/mol. The third-order valence-electron chi connectivity index (χ3n) is 4.15. The Balaban J connectivity index is 2.13. The van der Waals surface area contributed by atoms with Gasteiger partial charge in [0.1, 0.15) is 6.26 Å². The largest absolute Gasteiger partial charge is 0.446 e. The second kappa shape index (κ2) is 9.17. The number of rotatable bonds is 8. The Morgan fingerprint density at radius 1 is 1.18 bits per heavy atom. The standard InChI is InChI=1S/C22H27N3O3/c1-6-12-23-20(26)18-15-28-19(24-18)14-25(13-7-2)21(27)16-8-10-17(11-9-16)22(3,4)5/h6-11,15H,1-2,12-14H2,3-5H3,(H,23,26). The van der Waals surface area contributed by atoms with E-state index in [1.807, 2.05) is 24.3 Å². The van der Waals surface area contributed by atoms with Gasteiger partial charge in [-0.1, -0.05) is 45.1 Å². The molecule has 1 aromatic carbocycles. The van der Waals surface area contributed by atoms with Gasteiger partial charge in [0.25, 0.3) is 11.8 Å². The number of nitrogens with zero attached hydrogens (tertiary/aromatic N) is 2. The maximum absolute atomic E-state index is 12.9. The topological polar surface area (TPSA) is 75.4 Å². The van der Waals surface area contributed by atoms with E-state index >= 15 is 0 Å². The summed E-state index contributed by atoms with van der Waals surface area (Å²) in [6.45, 7) is 14.4. The van der Waals surface area contributed by atoms with Crippen molar-refractivity contribution in [3.8, 4) is 0 Å². The molecule has 0 fully saturated rings. The highest BCUT2D eigenvalue weighted by atomic mass is 16.3. The van der Waals surface area contributed by atoms with Gasteiger partial charge in [-0.25, -0.2) is 4.98 Å². The van der Waals surface area contributed by atoms with Gasteiger partial charge in [0.05, 0.1) is 6.54 Å². The molecule has 0 aliphatic heterocycles. The third-order valence-corrected chi connectivity index (χ3v) is 4.15. The van der Waals surface area contributed by atoms with Crippen LogP contribution in [0.25, 0.3) is 0 Å². The highest BCUT2D eigenvalue weighted by Crippen LogP contribution is 2.22. The van der Waals surface area contributed by atoms with E-state index in [9.17, 15) is 9.59 Å². The minimum atomic E-state index is -0.353. The van der Waals surface area contributed by atoms with Crippen molar-refractivity contribution in [2.45, 2.75) is 32.7 Å². The first-order valence-corrected chi connectivity index (χ1v) is 9.10. The number of amides is 2. The Bertz CT molecular complexity index is 845. The molecule has 28 heavy (non-hydrogen) atoms. The number of benzene rings is 1. The molecular formula is C22H27N3O3. The van der Waals surface area contributed by atoms with Crippen LogP contribution in [0.3, 0.4) is 0 Å². The van der Waals surface area contributed by atoms with Crippen molar-refractivity contribution >= 4 is 11.8 Å². The van der Waals surface area contributed by atoms with Crippen molar-refractivity contribution in [3.63, 3.8) is 0 Å². The van der Waals surface area contributed by atoms with Crippen LogP contribution in [0.5, 0.6) is 0 Å². The van der Waals surface area contributed by atoms with Crippen LogP contribution in [0.15, 0.2) is 60.3 Å². The number of hydrogen-bond acceptors (Lipinski definition) is 4. The number of carbonyl (C=O) groups excluding carboxylic acids is 2. The summed E-state index contributed by atoms with van der Waals surface area (Å²) in [5, 5.41) is 2.63. The van der Waals surface area contributed by atoms with Gasteiger partial charge < -0.3 is 14.6 Å². The fourth-order valence-corrected chi connectivity index (χ4v) is 2.58. The monoisotopic (exact) mass is 381 g/mol. The Kier molecular flexibility index (Phi) is 6.93. The summed E-state index contributed by atoms with van der Waals surface area (Å²) in [4.78, 5) is 30.6. The summed E-state index contributed by atoms with van der Waals surface area (Å²) < 4.78 is 5.37. The maximum atomic E-state index is 12.9. The second-order valence-corrected chi connectivity index (χ2v) is 7.43. The van der Waals surface area contributed by atoms with Crippen LogP contribution in [0.2, 0.25) is 0 Å². The lowest BCUT2D eigenvalue weighted by molar-refractivity contribution is 0.0749. The number of oxazole rings is 1. The lowest BCUT2D eigenvalue weighted by Gasteiger charge is -2.21. The lowest BCUT2D eigenvalue weighted by Crippen LogP contribution is -2.31. The molecule has 0 aliphatic rings. The predicted octanol–water partition coefficient (Wildman–Crippen LogP) is 3.72. The van der Waals surface area contributed by atoms with Crippen molar-refractivity contribution in [2.24, 2.45) is 0 Å². The summed E-state index contributed by atoms with van der Waals surface area (Å²) in [6, 6.07) is 7.57. The number of nitrogens with one attached hydrogen (secondary N) is 1. The minimum Gasteiger partial charge on any atom is -0.446 e. The van der Waals surface area contributed by atoms with E-state index in [2.05, 4.69) is 44.2 Å². The van der Waals surface area contributed by atoms with E-state index in [0.717, 1.165) is 5.56 Å². The predicted molar refractivity (Wildman–Crippen MR) is 109 cm³/mol. The molecule has 6 heteroatoms. The molecule has 2 rings (SSSR count). The smallest absolute Gasteiger partial charge is 0.273 e. The number of aromatic nitrogens is 1. The number of hydrogen-bond donors (Lipinski definition) is 1. The highest BCUT2D eigenvalue weighted by molar-refractivity contribution is 5.94. The summed E-state index contributed by atoms with van der Waals surface area (Å²) in [5.74, 6) is -0.226. The van der Waals surface area contributed by atoms with Gasteiger partial charge in [-0.3, -0.25) is 9.59 Å². The van der Waals surface area contributed by atoms with Crippen LogP contribution < -0.4 is 5.32 Å². The molecule has 1 aromatic heterocycles. The van der Waals surface area contributed by atoms with Crippen molar-refractivity contribution in [3.05, 3.63) is 78.6 Å². The van der Waals surface area contributed by atoms with Crippen LogP contribution in [0.4, 0.5) is 0 Å². The van der Waals surface area contributed by atoms with Crippen LogP contribution in [0.1, 0.15) is 53.1 Å². The molecule has 0 saturated heterocycles. The molecule has 2 aromatic rings. The molecule has 0 unspecified atom stereocenters. The molecule has 1 N–H and O–H groups in total. The van der Waals surface area contributed by atoms with Gasteiger partial charge in [-0.05, 0) is 23.1 Å². The van der Waals surface area contributed by atoms with Gasteiger partial charge in [-0.2, -0.15) is 0 Å². The molecule has 148 valence electrons. The van der Waals surface area contributed by atoms with Crippen molar-refractivity contribution in [2.75, 3.05) is 13.1 Å². The quantitative estimate of drug-likeness (QED) is 0.707. The molecule has 0 aliphatic carbocycles. The van der Waals surface area contributed by atoms with E-state index in [-0.39, 0.29) is 35.4 Å². The Hall–Kier alpha value is -3.15. The second-order valence-electron chi connectivity index (χ2n) is 7.43. The highest BCUT2D eigenvalue weighted by Gasteiger charge is 2.20. The van der Waals surface area contributed by atoms with Crippen molar-refractivity contribution < 1.29 is 14.0 Å². The van der Waals surface area contributed by atoms with Crippen molar-refractivity contribution in [1.29, 1.82) is 0 Å². The van der Waals surface area contributed by atoms with Gasteiger partial charge >= 0.3 is 0 Å². The molecule has 0 atom stereocenters. The zero-order valence-electron chi connectivity index (χ0n) is 16.7. The van der Waals surface area contributed by atoms with Gasteiger partial charge in [0.2, 0.25) is 5.89 Å². The molecule has 0 bridgehead atoms. The third kappa shape index (κ3) is 5.42. The molecule has 0 spiro atoms. The van der Waals surface area contributed by atoms with Gasteiger partial charge in [0.15, 0.2) is 5.69 Å². The van der Waals surface area contributed by atoms with E-state index < -0.39 is 0 Å². The summed E-state index contributed by atoms with van der Waals surface area (Å²) in [6.07, 6.45) is 4.50. The molecule has 2 amide bonds. The lowest BCUT2D eigenvalue weighted by atomic mass is 9.86. The average Bonchev–Trinajstić information content (AvgIpc) is 3.13. The van der Waals surface area contributed by atoms with Crippen LogP contribution >= 0.6 is 0 Å². The Labute approximate surface area is 166 Å². The Morgan fingerprint density at radius 3 is 2.43 bits per heavy atom. The number of carbonyl (C=O) groups is 2. The molecule has 0 saturated carbocycles. The van der Waals surface area contributed by atoms with E-state index in [1.54, 1.807) is 17.1 Å². The van der Waals surface area contributed by atoms with E-state index in [0.29, 0.717) is 18.7 Å². The zero-order valence-corrected chi connectivity index (χ0v) is 16.7. The van der Waals surface area contributed by atoms with Crippen LogP contribution in [-0.4, -0.2) is 34.8 Å². The first-order chi connectivity index (χ1) is 13.3. The minimum absolute atomic E-state index is 0.0169. The van der Waals surface area contributed by atoms with Gasteiger partial charge in [-0.15, -0.1) is 13.2 Å². The molecular weight excluding hydrogens is 354 g/mol. The van der Waals surface area contributed by atoms with Gasteiger partial charge in [0, 0.05) is 18.7 Å². The summed E-state index contributed by atoms with van der Waals surface area (Å²) in [5.41, 5.74) is 1.91. The van der Waals surface area contributed by atoms with E-state index in [4.69, 9.17) is 4.42 Å². The molecule has 0 radical (unpaired) electrons. The summed E-state index contributed by atoms with van der Waals surface area (Å²) >= 11 is 0. The zero-order chi connectivity index (χ0) is 20.7. The first-order valence-electron chi connectivity index (χ1n) is 9.10. The molecule has 1 heterocycles. The van der Waals surface area contributed by atoms with Crippen LogP contribution in [-0.2, 0) is 12.0 Å². The molecule has 6 nitrogen and oxygen atoms in total. The van der Waals surface area contributed by atoms with E-state index in [1.165, 1.54) is 6.26 Å². The fourth-order valence-electron chi connectivity index (χ4n) is 2.58. The first kappa shape index (κ1) is 21.2. The normalized spacial score (nSPS) is 11.0. The maximum Gasteiger partial charge on any atom is 0.273 e. The SMILES string of the molecule is C=CCNC(=O)c1coc(CN(CC=C)C(=O)c2ccc(C(C)(C)C)cc2)n1. The Morgan fingerprint density at radius 2 is 1.86 bits per heavy atom. The fraction of sp³-hybridized carbons (Fsp3) is 0.318. The van der Waals surface area contributed by atoms with Crippen LogP contribution in [0, 0.1) is 0 Å². The van der Waals surface area contributed by atoms with Crippen molar-refractivity contribution in [1.82, 2.24) is 15.2 Å².